The normalized spacial score (nSPS) is 18.9. The molecule has 2 aliphatic carbocycles. The quantitative estimate of drug-likeness (QED) is 0.824. The van der Waals surface area contributed by atoms with E-state index in [1.807, 2.05) is 0 Å². The third-order valence-corrected chi connectivity index (χ3v) is 5.43. The molecule has 1 aromatic rings. The fourth-order valence-corrected chi connectivity index (χ4v) is 4.10. The maximum absolute atomic E-state index is 11.3. The molecule has 0 aromatic carbocycles. The van der Waals surface area contributed by atoms with E-state index >= 15 is 0 Å². The zero-order valence-corrected chi connectivity index (χ0v) is 11.4. The van der Waals surface area contributed by atoms with E-state index in [0.717, 1.165) is 35.4 Å². The highest BCUT2D eigenvalue weighted by atomic mass is 32.1. The van der Waals surface area contributed by atoms with E-state index in [4.69, 9.17) is 0 Å². The number of thiophene rings is 1. The molecular formula is C15H19NOS. The topological polar surface area (TPSA) is 29.1 Å². The van der Waals surface area contributed by atoms with Gasteiger partial charge in [-0.3, -0.25) is 4.79 Å². The van der Waals surface area contributed by atoms with Gasteiger partial charge >= 0.3 is 0 Å². The van der Waals surface area contributed by atoms with Crippen molar-refractivity contribution >= 4 is 22.6 Å². The van der Waals surface area contributed by atoms with Gasteiger partial charge in [-0.25, -0.2) is 0 Å². The first-order chi connectivity index (χ1) is 8.79. The number of aldehydes is 1. The molecule has 96 valence electrons. The van der Waals surface area contributed by atoms with Crippen molar-refractivity contribution in [3.63, 3.8) is 0 Å². The Morgan fingerprint density at radius 2 is 2.06 bits per heavy atom. The molecular weight excluding hydrogens is 242 g/mol. The number of allylic oxidation sites excluding steroid dienone is 1. The number of hydrogen-bond donors (Lipinski definition) is 1. The van der Waals surface area contributed by atoms with Crippen molar-refractivity contribution in [2.75, 3.05) is 5.32 Å². The van der Waals surface area contributed by atoms with Crippen molar-refractivity contribution in [2.45, 2.75) is 44.9 Å². The first-order valence-corrected chi connectivity index (χ1v) is 7.66. The Bertz CT molecular complexity index is 485. The third-order valence-electron chi connectivity index (χ3n) is 4.20. The Balaban J connectivity index is 1.84. The highest BCUT2D eigenvalue weighted by Crippen LogP contribution is 2.40. The largest absolute Gasteiger partial charge is 0.350 e. The van der Waals surface area contributed by atoms with Gasteiger partial charge in [-0.1, -0.05) is 13.0 Å². The summed E-state index contributed by atoms with van der Waals surface area (Å²) >= 11 is 1.76. The summed E-state index contributed by atoms with van der Waals surface area (Å²) < 4.78 is 0. The Morgan fingerprint density at radius 1 is 1.28 bits per heavy atom. The van der Waals surface area contributed by atoms with Crippen LogP contribution in [0.5, 0.6) is 0 Å². The number of rotatable bonds is 4. The molecule has 3 rings (SSSR count). The lowest BCUT2D eigenvalue weighted by Crippen LogP contribution is -2.18. The van der Waals surface area contributed by atoms with E-state index < -0.39 is 0 Å². The molecule has 0 saturated heterocycles. The van der Waals surface area contributed by atoms with Gasteiger partial charge in [0.15, 0.2) is 6.29 Å². The summed E-state index contributed by atoms with van der Waals surface area (Å²) in [6.07, 6.45) is 9.50. The average molecular weight is 261 g/mol. The van der Waals surface area contributed by atoms with Gasteiger partial charge in [0.1, 0.15) is 5.00 Å². The molecule has 1 heterocycles. The van der Waals surface area contributed by atoms with E-state index in [-0.39, 0.29) is 0 Å². The van der Waals surface area contributed by atoms with Gasteiger partial charge < -0.3 is 5.32 Å². The average Bonchev–Trinajstić information content (AvgIpc) is 2.63. The zero-order chi connectivity index (χ0) is 12.5. The van der Waals surface area contributed by atoms with E-state index in [9.17, 15) is 4.79 Å². The molecule has 0 amide bonds. The van der Waals surface area contributed by atoms with E-state index in [2.05, 4.69) is 11.9 Å². The number of fused-ring (bicyclic) bond motifs is 1. The first-order valence-electron chi connectivity index (χ1n) is 6.85. The van der Waals surface area contributed by atoms with Gasteiger partial charge in [-0.15, -0.1) is 11.3 Å². The molecule has 0 atom stereocenters. The van der Waals surface area contributed by atoms with E-state index in [1.54, 1.807) is 11.3 Å². The molecule has 18 heavy (non-hydrogen) atoms. The molecule has 0 spiro atoms. The predicted molar refractivity (Wildman–Crippen MR) is 76.5 cm³/mol. The maximum Gasteiger partial charge on any atom is 0.153 e. The molecule has 0 radical (unpaired) electrons. The minimum atomic E-state index is 0.614. The third kappa shape index (κ3) is 2.01. The molecule has 0 aliphatic heterocycles. The van der Waals surface area contributed by atoms with Crippen LogP contribution >= 0.6 is 11.3 Å². The van der Waals surface area contributed by atoms with Crippen molar-refractivity contribution in [3.05, 3.63) is 28.3 Å². The van der Waals surface area contributed by atoms with Gasteiger partial charge in [0.2, 0.25) is 0 Å². The second-order valence-corrected chi connectivity index (χ2v) is 6.45. The number of carbonyl (C=O) groups excluding carboxylic acids is 1. The summed E-state index contributed by atoms with van der Waals surface area (Å²) in [5.74, 6) is 0.614. The van der Waals surface area contributed by atoms with Crippen LogP contribution in [0.15, 0.2) is 12.3 Å². The molecule has 2 aliphatic rings. The number of hydrogen-bond acceptors (Lipinski definition) is 3. The summed E-state index contributed by atoms with van der Waals surface area (Å²) in [5, 5.41) is 4.45. The zero-order valence-electron chi connectivity index (χ0n) is 10.6. The molecule has 3 heteroatoms. The van der Waals surface area contributed by atoms with Crippen LogP contribution in [0.2, 0.25) is 0 Å². The number of aryl methyl sites for hydroxylation is 1. The van der Waals surface area contributed by atoms with E-state index in [0.29, 0.717) is 5.92 Å². The fraction of sp³-hybridized carbons (Fsp3) is 0.533. The lowest BCUT2D eigenvalue weighted by Gasteiger charge is -2.27. The van der Waals surface area contributed by atoms with Crippen LogP contribution in [0.25, 0.3) is 0 Å². The molecule has 2 nitrogen and oxygen atoms in total. The lowest BCUT2D eigenvalue weighted by molar-refractivity contribution is 0.112. The Kier molecular flexibility index (Phi) is 3.25. The lowest BCUT2D eigenvalue weighted by atomic mass is 9.83. The van der Waals surface area contributed by atoms with Crippen LogP contribution in [0.4, 0.5) is 5.00 Å². The number of carbonyl (C=O) groups is 1. The van der Waals surface area contributed by atoms with Crippen molar-refractivity contribution in [1.29, 1.82) is 0 Å². The van der Waals surface area contributed by atoms with E-state index in [1.165, 1.54) is 42.5 Å². The predicted octanol–water partition coefficient (Wildman–Crippen LogP) is 4.17. The Morgan fingerprint density at radius 3 is 2.72 bits per heavy atom. The summed E-state index contributed by atoms with van der Waals surface area (Å²) in [7, 11) is 0. The van der Waals surface area contributed by atoms with Crippen molar-refractivity contribution in [3.8, 4) is 0 Å². The second kappa shape index (κ2) is 4.88. The minimum Gasteiger partial charge on any atom is -0.350 e. The van der Waals surface area contributed by atoms with Crippen molar-refractivity contribution in [1.82, 2.24) is 0 Å². The number of nitrogens with one attached hydrogen (secondary N) is 1. The molecule has 1 saturated carbocycles. The van der Waals surface area contributed by atoms with Crippen molar-refractivity contribution < 1.29 is 4.79 Å². The van der Waals surface area contributed by atoms with Gasteiger partial charge in [0.05, 0.1) is 5.56 Å². The molecule has 0 bridgehead atoms. The Hall–Kier alpha value is -1.09. The fourth-order valence-electron chi connectivity index (χ4n) is 2.81. The standard InChI is InChI=1S/C15H19NOS/c1-10(11-5-4-6-11)16-15-13(9-17)12-7-2-3-8-14(12)18-15/h9,11,16H,1-8H2. The summed E-state index contributed by atoms with van der Waals surface area (Å²) in [5.41, 5.74) is 3.29. The molecule has 1 fully saturated rings. The summed E-state index contributed by atoms with van der Waals surface area (Å²) in [4.78, 5) is 12.7. The number of anilines is 1. The smallest absolute Gasteiger partial charge is 0.153 e. The second-order valence-electron chi connectivity index (χ2n) is 5.35. The first kappa shape index (κ1) is 12.0. The molecule has 1 N–H and O–H groups in total. The van der Waals surface area contributed by atoms with Crippen LogP contribution in [-0.4, -0.2) is 6.29 Å². The van der Waals surface area contributed by atoms with Crippen molar-refractivity contribution in [2.24, 2.45) is 5.92 Å². The minimum absolute atomic E-state index is 0.614. The maximum atomic E-state index is 11.3. The monoisotopic (exact) mass is 261 g/mol. The van der Waals surface area contributed by atoms with Crippen LogP contribution in [-0.2, 0) is 12.8 Å². The molecule has 0 unspecified atom stereocenters. The SMILES string of the molecule is C=C(Nc1sc2c(c1C=O)CCCC2)C1CCC1. The van der Waals surface area contributed by atoms with Gasteiger partial charge in [0.25, 0.3) is 0 Å². The highest BCUT2D eigenvalue weighted by Gasteiger charge is 2.24. The molecule has 1 aromatic heterocycles. The van der Waals surface area contributed by atoms with Crippen LogP contribution < -0.4 is 5.32 Å². The van der Waals surface area contributed by atoms with Gasteiger partial charge in [-0.05, 0) is 50.0 Å². The van der Waals surface area contributed by atoms with Crippen LogP contribution in [0.3, 0.4) is 0 Å². The van der Waals surface area contributed by atoms with Crippen LogP contribution in [0.1, 0.15) is 52.9 Å². The summed E-state index contributed by atoms with van der Waals surface area (Å²) in [6, 6.07) is 0. The van der Waals surface area contributed by atoms with Gasteiger partial charge in [0, 0.05) is 10.6 Å². The van der Waals surface area contributed by atoms with Crippen LogP contribution in [0, 0.1) is 5.92 Å². The van der Waals surface area contributed by atoms with Gasteiger partial charge in [-0.2, -0.15) is 0 Å². The Labute approximate surface area is 112 Å². The summed E-state index contributed by atoms with van der Waals surface area (Å²) in [6.45, 7) is 4.13. The highest BCUT2D eigenvalue weighted by molar-refractivity contribution is 7.16.